The number of carbonyl (C=O) groups is 1. The second-order valence-electron chi connectivity index (χ2n) is 14.5. The first-order valence-corrected chi connectivity index (χ1v) is 18.9. The molecule has 4 heteroatoms. The van der Waals surface area contributed by atoms with Crippen LogP contribution in [0.5, 0.6) is 0 Å². The fourth-order valence-electron chi connectivity index (χ4n) is 9.19. The first-order chi connectivity index (χ1) is 19.2. The zero-order valence-corrected chi connectivity index (χ0v) is 26.9. The molecule has 226 valence electrons. The number of hydrogen-bond donors (Lipinski definition) is 0. The van der Waals surface area contributed by atoms with Crippen LogP contribution in [0.15, 0.2) is 11.6 Å². The van der Waals surface area contributed by atoms with E-state index in [9.17, 15) is 13.2 Å². The monoisotopic (exact) mass is 570 g/mol. The molecule has 3 saturated carbocycles. The van der Waals surface area contributed by atoms with E-state index in [0.717, 1.165) is 64.2 Å². The van der Waals surface area contributed by atoms with Crippen LogP contribution in [-0.2, 0) is 14.6 Å². The van der Waals surface area contributed by atoms with Crippen LogP contribution in [0.25, 0.3) is 0 Å². The zero-order chi connectivity index (χ0) is 28.6. The zero-order valence-electron chi connectivity index (χ0n) is 26.1. The van der Waals surface area contributed by atoms with Gasteiger partial charge in [-0.15, -0.1) is 5.92 Å². The van der Waals surface area contributed by atoms with E-state index < -0.39 is 9.84 Å². The lowest BCUT2D eigenvalue weighted by Crippen LogP contribution is -2.50. The summed E-state index contributed by atoms with van der Waals surface area (Å²) in [7, 11) is -3.14. The fourth-order valence-corrected chi connectivity index (χ4v) is 10.6. The minimum atomic E-state index is -3.14. The molecule has 40 heavy (non-hydrogen) atoms. The predicted octanol–water partition coefficient (Wildman–Crippen LogP) is 9.25. The molecule has 4 aliphatic carbocycles. The minimum absolute atomic E-state index is 0.0246. The Bertz CT molecular complexity index is 1050. The van der Waals surface area contributed by atoms with Crippen molar-refractivity contribution in [2.45, 2.75) is 149 Å². The van der Waals surface area contributed by atoms with Crippen LogP contribution in [0.1, 0.15) is 149 Å². The average molecular weight is 571 g/mol. The van der Waals surface area contributed by atoms with E-state index in [1.54, 1.807) is 0 Å². The van der Waals surface area contributed by atoms with E-state index >= 15 is 0 Å². The number of sulfone groups is 1. The van der Waals surface area contributed by atoms with E-state index in [-0.39, 0.29) is 28.3 Å². The second-order valence-corrected chi connectivity index (χ2v) is 16.6. The number of hydrogen-bond acceptors (Lipinski definition) is 3. The van der Waals surface area contributed by atoms with Crippen LogP contribution < -0.4 is 0 Å². The first kappa shape index (κ1) is 31.8. The maximum Gasteiger partial charge on any atom is 0.161 e. The summed E-state index contributed by atoms with van der Waals surface area (Å²) in [5.41, 5.74) is 1.64. The van der Waals surface area contributed by atoms with E-state index in [4.69, 9.17) is 0 Å². The number of unbranched alkanes of at least 4 members (excludes halogenated alkanes) is 11. The van der Waals surface area contributed by atoms with Gasteiger partial charge in [0.1, 0.15) is 11.5 Å². The summed E-state index contributed by atoms with van der Waals surface area (Å²) in [6, 6.07) is 0. The van der Waals surface area contributed by atoms with Gasteiger partial charge in [-0.2, -0.15) is 0 Å². The summed E-state index contributed by atoms with van der Waals surface area (Å²) in [6.07, 6.45) is 26.0. The fraction of sp³-hybridized carbons (Fsp3) is 0.861. The van der Waals surface area contributed by atoms with Gasteiger partial charge in [-0.05, 0) is 80.5 Å². The molecule has 0 bridgehead atoms. The highest BCUT2D eigenvalue weighted by Gasteiger charge is 2.58. The van der Waals surface area contributed by atoms with Crippen molar-refractivity contribution in [3.8, 4) is 11.8 Å². The summed E-state index contributed by atoms with van der Waals surface area (Å²) in [5, 5.41) is 0. The summed E-state index contributed by atoms with van der Waals surface area (Å²) < 4.78 is 25.8. The molecule has 0 saturated heterocycles. The smallest absolute Gasteiger partial charge is 0.161 e. The Morgan fingerprint density at radius 1 is 0.825 bits per heavy atom. The normalized spacial score (nSPS) is 33.4. The molecule has 0 radical (unpaired) electrons. The molecule has 3 nitrogen and oxygen atoms in total. The molecular formula is C36H58O3S. The molecule has 6 atom stereocenters. The molecule has 4 aliphatic rings. The molecule has 0 aromatic rings. The van der Waals surface area contributed by atoms with Crippen molar-refractivity contribution >= 4 is 15.6 Å². The SMILES string of the molecule is CCCCCCCCCCCCCC#CCS(=O)(=O)CC1CC[C@@]2(C)C(=CC[C@@H]3[C@H]2CC[C@]2(C)C(=O)CC[C@@H]32)C1. The van der Waals surface area contributed by atoms with Crippen LogP contribution in [0.4, 0.5) is 0 Å². The third-order valence-corrected chi connectivity index (χ3v) is 13.3. The van der Waals surface area contributed by atoms with Crippen molar-refractivity contribution in [3.63, 3.8) is 0 Å². The van der Waals surface area contributed by atoms with E-state index in [0.29, 0.717) is 23.5 Å². The topological polar surface area (TPSA) is 51.2 Å². The summed E-state index contributed by atoms with van der Waals surface area (Å²) >= 11 is 0. The van der Waals surface area contributed by atoms with Crippen LogP contribution in [-0.4, -0.2) is 25.7 Å². The number of carbonyl (C=O) groups excluding carboxylic acids is 1. The van der Waals surface area contributed by atoms with Crippen LogP contribution in [0.2, 0.25) is 0 Å². The van der Waals surface area contributed by atoms with Gasteiger partial charge in [-0.25, -0.2) is 8.42 Å². The Kier molecular flexibility index (Phi) is 11.5. The van der Waals surface area contributed by atoms with Crippen molar-refractivity contribution in [2.24, 2.45) is 34.5 Å². The quantitative estimate of drug-likeness (QED) is 0.119. The molecule has 3 fully saturated rings. The van der Waals surface area contributed by atoms with Crippen molar-refractivity contribution in [3.05, 3.63) is 11.6 Å². The Morgan fingerprint density at radius 3 is 2.15 bits per heavy atom. The highest BCUT2D eigenvalue weighted by molar-refractivity contribution is 7.91. The lowest BCUT2D eigenvalue weighted by molar-refractivity contribution is -0.131. The molecule has 0 aliphatic heterocycles. The second kappa shape index (κ2) is 14.4. The molecule has 0 aromatic heterocycles. The van der Waals surface area contributed by atoms with Crippen LogP contribution in [0.3, 0.4) is 0 Å². The Morgan fingerprint density at radius 2 is 1.45 bits per heavy atom. The maximum atomic E-state index is 12.9. The number of rotatable bonds is 14. The summed E-state index contributed by atoms with van der Waals surface area (Å²) in [4.78, 5) is 12.7. The standard InChI is InChI=1S/C36H58O3S/c1-4-5-6-7-8-9-10-11-12-13-14-15-16-17-26-40(38,39)28-29-22-24-35(2)30(27-29)18-19-31-32-20-21-34(37)36(32,3)25-23-33(31)35/h18,29,31-33H,4-15,19-28H2,1-3H3/t29?,31-,32-,33+,35-,36-/m0/s1. The van der Waals surface area contributed by atoms with Gasteiger partial charge in [-0.3, -0.25) is 4.79 Å². The highest BCUT2D eigenvalue weighted by atomic mass is 32.2. The lowest BCUT2D eigenvalue weighted by Gasteiger charge is -2.57. The molecule has 0 amide bonds. The van der Waals surface area contributed by atoms with E-state index in [1.807, 2.05) is 0 Å². The molecule has 0 aromatic carbocycles. The Balaban J connectivity index is 1.15. The Hall–Kier alpha value is -1.08. The van der Waals surface area contributed by atoms with Gasteiger partial charge in [0.15, 0.2) is 9.84 Å². The van der Waals surface area contributed by atoms with E-state index in [1.165, 1.54) is 69.8 Å². The highest BCUT2D eigenvalue weighted by Crippen LogP contribution is 2.64. The van der Waals surface area contributed by atoms with Crippen LogP contribution >= 0.6 is 0 Å². The van der Waals surface area contributed by atoms with Crippen molar-refractivity contribution in [1.82, 2.24) is 0 Å². The predicted molar refractivity (Wildman–Crippen MR) is 168 cm³/mol. The van der Waals surface area contributed by atoms with Gasteiger partial charge >= 0.3 is 0 Å². The van der Waals surface area contributed by atoms with Gasteiger partial charge in [0.2, 0.25) is 0 Å². The van der Waals surface area contributed by atoms with Crippen LogP contribution in [0, 0.1) is 46.3 Å². The third-order valence-electron chi connectivity index (χ3n) is 11.7. The van der Waals surface area contributed by atoms with Crippen molar-refractivity contribution < 1.29 is 13.2 Å². The molecule has 1 unspecified atom stereocenters. The molecule has 4 rings (SSSR count). The van der Waals surface area contributed by atoms with Crippen molar-refractivity contribution in [2.75, 3.05) is 11.5 Å². The molecular weight excluding hydrogens is 512 g/mol. The van der Waals surface area contributed by atoms with Gasteiger partial charge in [0.05, 0.1) is 5.75 Å². The lowest BCUT2D eigenvalue weighted by atomic mass is 9.47. The van der Waals surface area contributed by atoms with Gasteiger partial charge in [-0.1, -0.05) is 103 Å². The average Bonchev–Trinajstić information content (AvgIpc) is 3.23. The minimum Gasteiger partial charge on any atom is -0.299 e. The maximum absolute atomic E-state index is 12.9. The third kappa shape index (κ3) is 7.65. The number of Topliss-reactive ketones (excluding diaryl/α,β-unsaturated/α-hetero) is 1. The van der Waals surface area contributed by atoms with E-state index in [2.05, 4.69) is 38.7 Å². The van der Waals surface area contributed by atoms with Gasteiger partial charge < -0.3 is 0 Å². The molecule has 0 spiro atoms. The number of fused-ring (bicyclic) bond motifs is 5. The number of ketones is 1. The first-order valence-electron chi connectivity index (χ1n) is 17.1. The van der Waals surface area contributed by atoms with Gasteiger partial charge in [0.25, 0.3) is 0 Å². The summed E-state index contributed by atoms with van der Waals surface area (Å²) in [6.45, 7) is 6.97. The number of allylic oxidation sites excluding steroid dienone is 2. The molecule has 0 heterocycles. The van der Waals surface area contributed by atoms with Crippen molar-refractivity contribution in [1.29, 1.82) is 0 Å². The van der Waals surface area contributed by atoms with Gasteiger partial charge in [0, 0.05) is 18.3 Å². The summed E-state index contributed by atoms with van der Waals surface area (Å²) in [5.74, 6) is 9.05. The Labute approximate surface area is 247 Å². The largest absolute Gasteiger partial charge is 0.299 e. The molecule has 0 N–H and O–H groups in total.